The molecular formula is C30H36N6O4S2. The summed E-state index contributed by atoms with van der Waals surface area (Å²) in [5.41, 5.74) is 3.36. The van der Waals surface area contributed by atoms with Crippen LogP contribution in [0.3, 0.4) is 0 Å². The zero-order chi connectivity index (χ0) is 30.2. The molecule has 42 heavy (non-hydrogen) atoms. The molecular weight excluding hydrogens is 573 g/mol. The van der Waals surface area contributed by atoms with Gasteiger partial charge in [-0.25, -0.2) is 13.4 Å². The summed E-state index contributed by atoms with van der Waals surface area (Å²) in [6, 6.07) is 11.5. The van der Waals surface area contributed by atoms with Crippen molar-refractivity contribution < 1.29 is 12.8 Å². The molecule has 1 N–H and O–H groups in total. The molecule has 4 aromatic rings. The summed E-state index contributed by atoms with van der Waals surface area (Å²) < 4.78 is 32.8. The third-order valence-electron chi connectivity index (χ3n) is 7.40. The summed E-state index contributed by atoms with van der Waals surface area (Å²) in [7, 11) is 2.05. The van der Waals surface area contributed by atoms with Crippen molar-refractivity contribution in [3.05, 3.63) is 82.5 Å². The second-order valence-corrected chi connectivity index (χ2v) is 14.7. The summed E-state index contributed by atoms with van der Waals surface area (Å²) >= 11 is 1.97. The van der Waals surface area contributed by atoms with E-state index in [1.165, 1.54) is 16.4 Å². The molecule has 4 heterocycles. The van der Waals surface area contributed by atoms with Crippen molar-refractivity contribution in [1.82, 2.24) is 24.3 Å². The molecule has 1 saturated heterocycles. The molecule has 0 saturated carbocycles. The largest absolute Gasteiger partial charge is 0.453 e. The van der Waals surface area contributed by atoms with Crippen molar-refractivity contribution in [2.24, 2.45) is 0 Å². The number of benzene rings is 1. The average molecular weight is 609 g/mol. The van der Waals surface area contributed by atoms with E-state index in [4.69, 9.17) is 9.40 Å². The van der Waals surface area contributed by atoms with Gasteiger partial charge in [0.25, 0.3) is 5.56 Å². The molecule has 1 aliphatic rings. The predicted molar refractivity (Wildman–Crippen MR) is 169 cm³/mol. The number of nitrogens with one attached hydrogen (secondary N) is 1. The van der Waals surface area contributed by atoms with Gasteiger partial charge in [-0.1, -0.05) is 18.7 Å². The Hall–Kier alpha value is -3.61. The predicted octanol–water partition coefficient (Wildman–Crippen LogP) is 4.61. The minimum absolute atomic E-state index is 0.0552. The number of hydrogen-bond acceptors (Lipinski definition) is 10. The van der Waals surface area contributed by atoms with Gasteiger partial charge in [-0.15, -0.1) is 0 Å². The molecule has 10 nitrogen and oxygen atoms in total. The van der Waals surface area contributed by atoms with Crippen LogP contribution in [0.25, 0.3) is 16.7 Å². The van der Waals surface area contributed by atoms with Gasteiger partial charge in [-0.05, 0) is 50.7 Å². The zero-order valence-corrected chi connectivity index (χ0v) is 26.1. The quantitative estimate of drug-likeness (QED) is 0.289. The fourth-order valence-electron chi connectivity index (χ4n) is 4.78. The summed E-state index contributed by atoms with van der Waals surface area (Å²) in [5.74, 6) is 1.43. The smallest absolute Gasteiger partial charge is 0.261 e. The zero-order valence-electron chi connectivity index (χ0n) is 24.5. The lowest BCUT2D eigenvalue weighted by atomic mass is 10.1. The highest BCUT2D eigenvalue weighted by molar-refractivity contribution is 7.99. The lowest BCUT2D eigenvalue weighted by Crippen LogP contribution is -2.30. The first kappa shape index (κ1) is 29.9. The number of fused-ring (bicyclic) bond motifs is 1. The Morgan fingerprint density at radius 3 is 2.64 bits per heavy atom. The van der Waals surface area contributed by atoms with E-state index in [1.807, 2.05) is 23.9 Å². The summed E-state index contributed by atoms with van der Waals surface area (Å²) in [5, 5.41) is 3.47. The number of nitrogens with zero attached hydrogens (tertiary/aromatic N) is 5. The van der Waals surface area contributed by atoms with E-state index in [2.05, 4.69) is 41.0 Å². The summed E-state index contributed by atoms with van der Waals surface area (Å²) in [4.78, 5) is 27.2. The Morgan fingerprint density at radius 1 is 1.24 bits per heavy atom. The van der Waals surface area contributed by atoms with Crippen LogP contribution in [0.5, 0.6) is 0 Å². The van der Waals surface area contributed by atoms with E-state index in [-0.39, 0.29) is 17.2 Å². The molecule has 1 atom stereocenters. The fourth-order valence-corrected chi connectivity index (χ4v) is 7.30. The molecule has 1 aliphatic heterocycles. The van der Waals surface area contributed by atoms with Crippen molar-refractivity contribution in [3.8, 4) is 0 Å². The van der Waals surface area contributed by atoms with Crippen LogP contribution < -0.4 is 10.9 Å². The van der Waals surface area contributed by atoms with Gasteiger partial charge >= 0.3 is 0 Å². The highest BCUT2D eigenvalue weighted by Crippen LogP contribution is 2.33. The van der Waals surface area contributed by atoms with Gasteiger partial charge in [-0.2, -0.15) is 16.7 Å². The van der Waals surface area contributed by atoms with Crippen LogP contribution in [0.15, 0.2) is 69.7 Å². The van der Waals surface area contributed by atoms with Gasteiger partial charge in [-0.3, -0.25) is 9.36 Å². The minimum Gasteiger partial charge on any atom is -0.453 e. The molecule has 1 fully saturated rings. The molecule has 0 aliphatic carbocycles. The highest BCUT2D eigenvalue weighted by Gasteiger charge is 2.27. The van der Waals surface area contributed by atoms with Crippen LogP contribution in [0.4, 0.5) is 11.6 Å². The van der Waals surface area contributed by atoms with Crippen molar-refractivity contribution in [1.29, 1.82) is 0 Å². The second-order valence-electron chi connectivity index (χ2n) is 11.0. The Bertz CT molecular complexity index is 1780. The third kappa shape index (κ3) is 5.97. The first-order valence-corrected chi connectivity index (χ1v) is 16.3. The topological polar surface area (TPSA) is 114 Å². The van der Waals surface area contributed by atoms with Crippen molar-refractivity contribution in [2.75, 3.05) is 45.3 Å². The van der Waals surface area contributed by atoms with E-state index in [0.29, 0.717) is 39.1 Å². The first-order chi connectivity index (χ1) is 20.0. The number of likely N-dealkylation sites (N-methyl/N-ethyl adjacent to an activating group) is 1. The molecule has 0 spiro atoms. The number of aromatic nitrogens is 3. The van der Waals surface area contributed by atoms with E-state index < -0.39 is 15.1 Å². The number of furan rings is 1. The SMILES string of the molecule is C=C(c1cc2cnc(Nc3ccc(C4CN(C)CCS4)cc3)nc2n(Cc2ccoc2S(=O)(=O)C(C)C)c1=O)N(C)C. The number of sulfone groups is 1. The fraction of sp³-hybridized carbons (Fsp3) is 0.367. The number of rotatable bonds is 9. The molecule has 1 unspecified atom stereocenters. The minimum atomic E-state index is -3.71. The van der Waals surface area contributed by atoms with Gasteiger partial charge in [0.05, 0.1) is 23.6 Å². The highest BCUT2D eigenvalue weighted by atomic mass is 32.2. The van der Waals surface area contributed by atoms with Gasteiger partial charge in [0, 0.05) is 66.7 Å². The van der Waals surface area contributed by atoms with Crippen LogP contribution in [0.2, 0.25) is 0 Å². The van der Waals surface area contributed by atoms with Crippen LogP contribution in [0, 0.1) is 0 Å². The van der Waals surface area contributed by atoms with E-state index in [9.17, 15) is 13.2 Å². The average Bonchev–Trinajstić information content (AvgIpc) is 3.43. The van der Waals surface area contributed by atoms with Crippen LogP contribution >= 0.6 is 11.8 Å². The van der Waals surface area contributed by atoms with Gasteiger partial charge < -0.3 is 19.5 Å². The third-order valence-corrected chi connectivity index (χ3v) is 10.8. The maximum absolute atomic E-state index is 13.8. The van der Waals surface area contributed by atoms with E-state index >= 15 is 0 Å². The maximum atomic E-state index is 13.8. The molecule has 0 radical (unpaired) electrons. The first-order valence-electron chi connectivity index (χ1n) is 13.7. The number of thioether (sulfide) groups is 1. The molecule has 0 amide bonds. The monoisotopic (exact) mass is 608 g/mol. The van der Waals surface area contributed by atoms with Crippen molar-refractivity contribution in [3.63, 3.8) is 0 Å². The summed E-state index contributed by atoms with van der Waals surface area (Å²) in [6.07, 6.45) is 2.98. The molecule has 222 valence electrons. The van der Waals surface area contributed by atoms with Crippen molar-refractivity contribution >= 4 is 50.0 Å². The maximum Gasteiger partial charge on any atom is 0.261 e. The number of pyridine rings is 1. The Morgan fingerprint density at radius 2 is 1.98 bits per heavy atom. The molecule has 0 bridgehead atoms. The van der Waals surface area contributed by atoms with Crippen LogP contribution in [-0.2, 0) is 16.4 Å². The van der Waals surface area contributed by atoms with Crippen LogP contribution in [-0.4, -0.2) is 78.0 Å². The number of hydrogen-bond donors (Lipinski definition) is 1. The Balaban J connectivity index is 1.53. The molecule has 3 aromatic heterocycles. The normalized spacial score (nSPS) is 16.2. The molecule has 1 aromatic carbocycles. The Labute approximate surface area is 250 Å². The van der Waals surface area contributed by atoms with Crippen molar-refractivity contribution in [2.45, 2.75) is 36.0 Å². The standard InChI is InChI=1S/C30H36N6O4S2/c1-19(2)42(38,39)29-22(11-13-40-29)17-36-27-23(15-25(28(36)37)20(3)34(4)5)16-31-30(33-27)32-24-9-7-21(8-10-24)26-18-35(6)12-14-41-26/h7-11,13,15-16,19,26H,3,12,14,17-18H2,1-2,4-6H3,(H,31,32,33). The van der Waals surface area contributed by atoms with E-state index in [0.717, 1.165) is 24.5 Å². The lowest BCUT2D eigenvalue weighted by Gasteiger charge is -2.29. The molecule has 12 heteroatoms. The lowest BCUT2D eigenvalue weighted by molar-refractivity contribution is 0.347. The van der Waals surface area contributed by atoms with Gasteiger partial charge in [0.1, 0.15) is 5.65 Å². The second kappa shape index (κ2) is 11.9. The summed E-state index contributed by atoms with van der Waals surface area (Å²) in [6.45, 7) is 9.32. The number of anilines is 2. The van der Waals surface area contributed by atoms with Gasteiger partial charge in [0.2, 0.25) is 20.9 Å². The van der Waals surface area contributed by atoms with E-state index in [1.54, 1.807) is 51.2 Å². The Kier molecular flexibility index (Phi) is 8.49. The molecule has 5 rings (SSSR count). The van der Waals surface area contributed by atoms with Gasteiger partial charge in [0.15, 0.2) is 0 Å². The van der Waals surface area contributed by atoms with Crippen LogP contribution in [0.1, 0.15) is 35.8 Å².